The van der Waals surface area contributed by atoms with Crippen molar-refractivity contribution in [2.75, 3.05) is 5.32 Å². The summed E-state index contributed by atoms with van der Waals surface area (Å²) in [7, 11) is 0. The van der Waals surface area contributed by atoms with Crippen molar-refractivity contribution in [3.05, 3.63) is 89.5 Å². The van der Waals surface area contributed by atoms with E-state index in [4.69, 9.17) is 16.0 Å². The van der Waals surface area contributed by atoms with Crippen LogP contribution in [0.4, 0.5) is 5.82 Å². The van der Waals surface area contributed by atoms with Crippen molar-refractivity contribution in [2.24, 2.45) is 0 Å². The van der Waals surface area contributed by atoms with E-state index in [0.29, 0.717) is 35.5 Å². The predicted molar refractivity (Wildman–Crippen MR) is 112 cm³/mol. The van der Waals surface area contributed by atoms with Gasteiger partial charge in [0, 0.05) is 29.5 Å². The first-order valence-electron chi connectivity index (χ1n) is 9.23. The maximum absolute atomic E-state index is 12.4. The molecule has 1 amide bonds. The second-order valence-corrected chi connectivity index (χ2v) is 6.97. The van der Waals surface area contributed by atoms with Gasteiger partial charge in [-0.1, -0.05) is 41.9 Å². The molecule has 4 aromatic rings. The molecule has 2 aromatic carbocycles. The van der Waals surface area contributed by atoms with E-state index in [9.17, 15) is 4.79 Å². The van der Waals surface area contributed by atoms with Gasteiger partial charge < -0.3 is 9.73 Å². The van der Waals surface area contributed by atoms with Crippen molar-refractivity contribution in [1.82, 2.24) is 14.8 Å². The number of nitrogens with zero attached hydrogens (tertiary/aromatic N) is 3. The zero-order valence-electron chi connectivity index (χ0n) is 15.6. The molecule has 7 heteroatoms. The number of aromatic nitrogens is 3. The fourth-order valence-corrected chi connectivity index (χ4v) is 3.05. The smallest absolute Gasteiger partial charge is 0.226 e. The predicted octanol–water partition coefficient (Wildman–Crippen LogP) is 4.81. The standard InChI is InChI=1S/C22H19ClN4O2/c23-18-8-6-17(7-9-18)19-14-24-22(29-19)11-10-21(28)26-20-12-13-25-27(20)15-16-4-2-1-3-5-16/h1-9,12-14H,10-11,15H2,(H,26,28). The number of benzene rings is 2. The molecule has 146 valence electrons. The summed E-state index contributed by atoms with van der Waals surface area (Å²) in [5.74, 6) is 1.71. The number of nitrogens with one attached hydrogen (secondary N) is 1. The van der Waals surface area contributed by atoms with Gasteiger partial charge in [0.1, 0.15) is 5.82 Å². The van der Waals surface area contributed by atoms with Gasteiger partial charge in [-0.2, -0.15) is 5.10 Å². The van der Waals surface area contributed by atoms with E-state index >= 15 is 0 Å². The van der Waals surface area contributed by atoms with Crippen LogP contribution in [-0.4, -0.2) is 20.7 Å². The van der Waals surface area contributed by atoms with E-state index in [2.05, 4.69) is 15.4 Å². The minimum absolute atomic E-state index is 0.119. The molecule has 0 radical (unpaired) electrons. The topological polar surface area (TPSA) is 73.0 Å². The number of aryl methyl sites for hydroxylation is 1. The fourth-order valence-electron chi connectivity index (χ4n) is 2.92. The van der Waals surface area contributed by atoms with Crippen LogP contribution in [0.25, 0.3) is 11.3 Å². The average molecular weight is 407 g/mol. The molecular formula is C22H19ClN4O2. The van der Waals surface area contributed by atoms with Gasteiger partial charge in [-0.05, 0) is 29.8 Å². The molecule has 1 N–H and O–H groups in total. The minimum Gasteiger partial charge on any atom is -0.441 e. The fraction of sp³-hybridized carbons (Fsp3) is 0.136. The normalized spacial score (nSPS) is 10.8. The van der Waals surface area contributed by atoms with Crippen LogP contribution < -0.4 is 5.32 Å². The van der Waals surface area contributed by atoms with E-state index in [1.54, 1.807) is 35.3 Å². The number of carbonyl (C=O) groups excluding carboxylic acids is 1. The van der Waals surface area contributed by atoms with Gasteiger partial charge in [0.15, 0.2) is 11.7 Å². The number of anilines is 1. The van der Waals surface area contributed by atoms with Crippen molar-refractivity contribution >= 4 is 23.3 Å². The summed E-state index contributed by atoms with van der Waals surface area (Å²) in [6.07, 6.45) is 4.00. The largest absolute Gasteiger partial charge is 0.441 e. The Balaban J connectivity index is 1.33. The highest BCUT2D eigenvalue weighted by molar-refractivity contribution is 6.30. The van der Waals surface area contributed by atoms with Gasteiger partial charge in [-0.15, -0.1) is 0 Å². The van der Waals surface area contributed by atoms with Crippen molar-refractivity contribution < 1.29 is 9.21 Å². The second-order valence-electron chi connectivity index (χ2n) is 6.53. The van der Waals surface area contributed by atoms with Crippen LogP contribution in [0, 0.1) is 0 Å². The molecule has 0 aliphatic rings. The zero-order valence-corrected chi connectivity index (χ0v) is 16.3. The van der Waals surface area contributed by atoms with E-state index in [1.807, 2.05) is 42.5 Å². The van der Waals surface area contributed by atoms with Gasteiger partial charge in [0.25, 0.3) is 0 Å². The SMILES string of the molecule is O=C(CCc1ncc(-c2ccc(Cl)cc2)o1)Nc1ccnn1Cc1ccccc1. The number of carbonyl (C=O) groups is 1. The summed E-state index contributed by atoms with van der Waals surface area (Å²) >= 11 is 5.91. The summed E-state index contributed by atoms with van der Waals surface area (Å²) < 4.78 is 7.51. The van der Waals surface area contributed by atoms with Gasteiger partial charge in [0.2, 0.25) is 5.91 Å². The first-order valence-corrected chi connectivity index (χ1v) is 9.61. The number of amides is 1. The lowest BCUT2D eigenvalue weighted by Gasteiger charge is -2.08. The van der Waals surface area contributed by atoms with E-state index in [1.165, 1.54) is 0 Å². The maximum Gasteiger partial charge on any atom is 0.226 e. The summed E-state index contributed by atoms with van der Waals surface area (Å²) in [6.45, 7) is 0.591. The van der Waals surface area contributed by atoms with Crippen LogP contribution in [0.15, 0.2) is 77.5 Å². The van der Waals surface area contributed by atoms with Crippen LogP contribution in [0.5, 0.6) is 0 Å². The molecule has 0 unspecified atom stereocenters. The molecular weight excluding hydrogens is 388 g/mol. The van der Waals surface area contributed by atoms with E-state index in [-0.39, 0.29) is 12.3 Å². The quantitative estimate of drug-likeness (QED) is 0.478. The molecule has 29 heavy (non-hydrogen) atoms. The third-order valence-corrected chi connectivity index (χ3v) is 4.66. The van der Waals surface area contributed by atoms with Gasteiger partial charge in [-0.3, -0.25) is 4.79 Å². The van der Waals surface area contributed by atoms with Crippen LogP contribution in [0.1, 0.15) is 17.9 Å². The Morgan fingerprint density at radius 2 is 1.86 bits per heavy atom. The molecule has 4 rings (SSSR count). The molecule has 2 aromatic heterocycles. The number of rotatable bonds is 7. The van der Waals surface area contributed by atoms with Crippen molar-refractivity contribution in [3.63, 3.8) is 0 Å². The Morgan fingerprint density at radius 1 is 1.07 bits per heavy atom. The van der Waals surface area contributed by atoms with E-state index in [0.717, 1.165) is 11.1 Å². The highest BCUT2D eigenvalue weighted by Gasteiger charge is 2.11. The van der Waals surface area contributed by atoms with Crippen LogP contribution in [-0.2, 0) is 17.8 Å². The Morgan fingerprint density at radius 3 is 2.66 bits per heavy atom. The van der Waals surface area contributed by atoms with Crippen molar-refractivity contribution in [1.29, 1.82) is 0 Å². The number of hydrogen-bond acceptors (Lipinski definition) is 4. The molecule has 0 aliphatic heterocycles. The average Bonchev–Trinajstić information content (AvgIpc) is 3.38. The Bertz CT molecular complexity index is 1090. The van der Waals surface area contributed by atoms with Crippen LogP contribution >= 0.6 is 11.6 Å². The Labute approximate surface area is 173 Å². The van der Waals surface area contributed by atoms with E-state index < -0.39 is 0 Å². The molecule has 2 heterocycles. The lowest BCUT2D eigenvalue weighted by Crippen LogP contribution is -2.16. The first-order chi connectivity index (χ1) is 14.2. The minimum atomic E-state index is -0.119. The third-order valence-electron chi connectivity index (χ3n) is 4.41. The molecule has 0 atom stereocenters. The molecule has 0 bridgehead atoms. The summed E-state index contributed by atoms with van der Waals surface area (Å²) in [6, 6.07) is 19.1. The lowest BCUT2D eigenvalue weighted by molar-refractivity contribution is -0.116. The molecule has 0 saturated heterocycles. The molecule has 0 aliphatic carbocycles. The van der Waals surface area contributed by atoms with Gasteiger partial charge >= 0.3 is 0 Å². The third kappa shape index (κ3) is 4.92. The summed E-state index contributed by atoms with van der Waals surface area (Å²) in [5.41, 5.74) is 2.00. The maximum atomic E-state index is 12.4. The monoisotopic (exact) mass is 406 g/mol. The van der Waals surface area contributed by atoms with Crippen molar-refractivity contribution in [3.8, 4) is 11.3 Å². The number of oxazole rings is 1. The number of hydrogen-bond donors (Lipinski definition) is 1. The lowest BCUT2D eigenvalue weighted by atomic mass is 10.2. The molecule has 0 fully saturated rings. The molecule has 6 nitrogen and oxygen atoms in total. The van der Waals surface area contributed by atoms with Gasteiger partial charge in [-0.25, -0.2) is 9.67 Å². The second kappa shape index (κ2) is 8.75. The van der Waals surface area contributed by atoms with Gasteiger partial charge in [0.05, 0.1) is 18.9 Å². The highest BCUT2D eigenvalue weighted by Crippen LogP contribution is 2.22. The van der Waals surface area contributed by atoms with Crippen LogP contribution in [0.2, 0.25) is 5.02 Å². The van der Waals surface area contributed by atoms with Crippen molar-refractivity contribution in [2.45, 2.75) is 19.4 Å². The summed E-state index contributed by atoms with van der Waals surface area (Å²) in [4.78, 5) is 16.6. The Hall–Kier alpha value is -3.38. The molecule has 0 spiro atoms. The zero-order chi connectivity index (χ0) is 20.1. The summed E-state index contributed by atoms with van der Waals surface area (Å²) in [5, 5.41) is 7.85. The number of halogens is 1. The first kappa shape index (κ1) is 19.0. The Kier molecular flexibility index (Phi) is 5.72. The highest BCUT2D eigenvalue weighted by atomic mass is 35.5. The molecule has 0 saturated carbocycles. The van der Waals surface area contributed by atoms with Crippen LogP contribution in [0.3, 0.4) is 0 Å².